The zero-order valence-corrected chi connectivity index (χ0v) is 16.7. The van der Waals surface area contributed by atoms with Crippen molar-refractivity contribution in [3.8, 4) is 11.1 Å². The van der Waals surface area contributed by atoms with E-state index in [9.17, 15) is 14.0 Å². The van der Waals surface area contributed by atoms with Crippen molar-refractivity contribution in [2.24, 2.45) is 0 Å². The molecule has 0 N–H and O–H groups in total. The fraction of sp³-hybridized carbons (Fsp3) is 0.350. The maximum Gasteiger partial charge on any atom is 0.329 e. The summed E-state index contributed by atoms with van der Waals surface area (Å²) in [6.45, 7) is 6.30. The van der Waals surface area contributed by atoms with Crippen molar-refractivity contribution in [3.63, 3.8) is 0 Å². The molecule has 0 aliphatic heterocycles. The Morgan fingerprint density at radius 2 is 2.00 bits per heavy atom. The first kappa shape index (κ1) is 20.2. The largest absolute Gasteiger partial charge is 0.462 e. The summed E-state index contributed by atoms with van der Waals surface area (Å²) in [5.41, 5.74) is 1.11. The average molecular weight is 404 g/mol. The Hall–Kier alpha value is -2.58. The molecule has 148 valence electrons. The third kappa shape index (κ3) is 3.98. The summed E-state index contributed by atoms with van der Waals surface area (Å²) >= 11 is 1.39. The van der Waals surface area contributed by atoms with Crippen LogP contribution in [0.4, 0.5) is 4.39 Å². The van der Waals surface area contributed by atoms with E-state index in [2.05, 4.69) is 4.98 Å². The highest BCUT2D eigenvalue weighted by Gasteiger charge is 2.22. The van der Waals surface area contributed by atoms with Crippen LogP contribution in [0.2, 0.25) is 0 Å². The number of thiophene rings is 1. The Labute approximate surface area is 165 Å². The number of fused-ring (bicyclic) bond motifs is 1. The lowest BCUT2D eigenvalue weighted by molar-refractivity contribution is -0.148. The van der Waals surface area contributed by atoms with Gasteiger partial charge in [0.2, 0.25) is 0 Å². The van der Waals surface area contributed by atoms with Crippen molar-refractivity contribution in [1.82, 2.24) is 9.55 Å². The summed E-state index contributed by atoms with van der Waals surface area (Å²) in [6, 6.07) is 5.14. The summed E-state index contributed by atoms with van der Waals surface area (Å²) in [5, 5.41) is 0.422. The fourth-order valence-electron chi connectivity index (χ4n) is 2.94. The Morgan fingerprint density at radius 3 is 2.68 bits per heavy atom. The first-order valence-electron chi connectivity index (χ1n) is 8.94. The van der Waals surface area contributed by atoms with E-state index in [0.717, 1.165) is 10.4 Å². The zero-order valence-electron chi connectivity index (χ0n) is 15.9. The molecule has 3 rings (SSSR count). The number of hydrogen-bond acceptors (Lipinski definition) is 6. The Balaban J connectivity index is 1.98. The number of rotatable bonds is 7. The molecule has 3 aromatic rings. The highest BCUT2D eigenvalue weighted by Crippen LogP contribution is 2.35. The lowest BCUT2D eigenvalue weighted by Crippen LogP contribution is -2.30. The molecule has 1 atom stereocenters. The van der Waals surface area contributed by atoms with E-state index in [1.54, 1.807) is 19.1 Å². The number of ether oxygens (including phenoxy) is 2. The van der Waals surface area contributed by atoms with Crippen molar-refractivity contribution in [3.05, 3.63) is 51.6 Å². The van der Waals surface area contributed by atoms with Crippen LogP contribution in [0.25, 0.3) is 21.3 Å². The minimum absolute atomic E-state index is 0.125. The summed E-state index contributed by atoms with van der Waals surface area (Å²) in [6.07, 6.45) is 1.36. The van der Waals surface area contributed by atoms with Gasteiger partial charge in [0.15, 0.2) is 0 Å². The molecule has 2 heterocycles. The van der Waals surface area contributed by atoms with Gasteiger partial charge in [-0.15, -0.1) is 11.3 Å². The molecule has 8 heteroatoms. The van der Waals surface area contributed by atoms with Crippen LogP contribution in [-0.4, -0.2) is 35.3 Å². The van der Waals surface area contributed by atoms with Crippen molar-refractivity contribution in [2.75, 3.05) is 19.8 Å². The summed E-state index contributed by atoms with van der Waals surface area (Å²) in [4.78, 5) is 31.3. The number of hydrogen-bond donors (Lipinski definition) is 0. The molecular weight excluding hydrogens is 383 g/mol. The summed E-state index contributed by atoms with van der Waals surface area (Å²) in [5.74, 6) is -0.877. The van der Waals surface area contributed by atoms with Crippen LogP contribution in [0.5, 0.6) is 0 Å². The maximum absolute atomic E-state index is 13.3. The molecule has 6 nitrogen and oxygen atoms in total. The van der Waals surface area contributed by atoms with Gasteiger partial charge in [-0.3, -0.25) is 9.36 Å². The standard InChI is InChI=1S/C20H21FN2O4S/c1-4-26-9-10-27-20(25)12(2)23-11-22-18-17(19(23)24)16(13(3)28-18)14-5-7-15(21)8-6-14/h5-8,11-12H,4,9-10H2,1-3H3/t12-/m1/s1. The molecule has 0 fully saturated rings. The van der Waals surface area contributed by atoms with Gasteiger partial charge in [0.1, 0.15) is 23.3 Å². The molecule has 0 spiro atoms. The molecule has 1 aromatic carbocycles. The van der Waals surface area contributed by atoms with Crippen LogP contribution in [0.3, 0.4) is 0 Å². The van der Waals surface area contributed by atoms with Gasteiger partial charge >= 0.3 is 5.97 Å². The highest BCUT2D eigenvalue weighted by atomic mass is 32.1. The van der Waals surface area contributed by atoms with Gasteiger partial charge in [-0.05, 0) is 38.5 Å². The second-order valence-corrected chi connectivity index (χ2v) is 7.42. The Bertz CT molecular complexity index is 1040. The fourth-order valence-corrected chi connectivity index (χ4v) is 3.94. The van der Waals surface area contributed by atoms with Gasteiger partial charge in [-0.2, -0.15) is 0 Å². The number of benzene rings is 1. The molecule has 2 aromatic heterocycles. The van der Waals surface area contributed by atoms with E-state index < -0.39 is 12.0 Å². The molecule has 28 heavy (non-hydrogen) atoms. The van der Waals surface area contributed by atoms with Gasteiger partial charge < -0.3 is 9.47 Å². The molecular formula is C20H21FN2O4S. The van der Waals surface area contributed by atoms with E-state index in [-0.39, 0.29) is 18.0 Å². The minimum atomic E-state index is -0.827. The van der Waals surface area contributed by atoms with E-state index in [1.807, 2.05) is 13.8 Å². The van der Waals surface area contributed by atoms with Crippen LogP contribution >= 0.6 is 11.3 Å². The van der Waals surface area contributed by atoms with Crippen molar-refractivity contribution >= 4 is 27.5 Å². The van der Waals surface area contributed by atoms with Crippen LogP contribution in [0.15, 0.2) is 35.4 Å². The summed E-state index contributed by atoms with van der Waals surface area (Å²) < 4.78 is 24.9. The normalized spacial score (nSPS) is 12.3. The maximum atomic E-state index is 13.3. The molecule has 0 saturated heterocycles. The lowest BCUT2D eigenvalue weighted by Gasteiger charge is -2.14. The SMILES string of the molecule is CCOCCOC(=O)[C@@H](C)n1cnc2sc(C)c(-c3ccc(F)cc3)c2c1=O. The van der Waals surface area contributed by atoms with E-state index in [4.69, 9.17) is 9.47 Å². The molecule has 0 saturated carbocycles. The van der Waals surface area contributed by atoms with Gasteiger partial charge in [-0.1, -0.05) is 12.1 Å². The lowest BCUT2D eigenvalue weighted by atomic mass is 10.0. The average Bonchev–Trinajstić information content (AvgIpc) is 3.02. The molecule has 0 unspecified atom stereocenters. The summed E-state index contributed by atoms with van der Waals surface area (Å²) in [7, 11) is 0. The molecule has 0 aliphatic carbocycles. The predicted molar refractivity (Wildman–Crippen MR) is 106 cm³/mol. The number of aryl methyl sites for hydroxylation is 1. The van der Waals surface area contributed by atoms with Crippen LogP contribution < -0.4 is 5.56 Å². The topological polar surface area (TPSA) is 70.4 Å². The Kier molecular flexibility index (Phi) is 6.21. The van der Waals surface area contributed by atoms with Crippen molar-refractivity contribution < 1.29 is 18.7 Å². The third-order valence-electron chi connectivity index (χ3n) is 4.38. The van der Waals surface area contributed by atoms with E-state index in [1.165, 1.54) is 34.4 Å². The first-order valence-corrected chi connectivity index (χ1v) is 9.76. The van der Waals surface area contributed by atoms with Gasteiger partial charge in [0.25, 0.3) is 5.56 Å². The highest BCUT2D eigenvalue weighted by molar-refractivity contribution is 7.19. The first-order chi connectivity index (χ1) is 13.4. The number of nitrogens with zero attached hydrogens (tertiary/aromatic N) is 2. The number of esters is 1. The molecule has 0 radical (unpaired) electrons. The second kappa shape index (κ2) is 8.62. The second-order valence-electron chi connectivity index (χ2n) is 6.22. The van der Waals surface area contributed by atoms with Crippen molar-refractivity contribution in [2.45, 2.75) is 26.8 Å². The smallest absolute Gasteiger partial charge is 0.329 e. The predicted octanol–water partition coefficient (Wildman–Crippen LogP) is 3.71. The molecule has 0 bridgehead atoms. The van der Waals surface area contributed by atoms with Gasteiger partial charge in [0, 0.05) is 17.0 Å². The number of aromatic nitrogens is 2. The van der Waals surface area contributed by atoms with Crippen LogP contribution in [0, 0.1) is 12.7 Å². The molecule has 0 amide bonds. The number of carbonyl (C=O) groups excluding carboxylic acids is 1. The quantitative estimate of drug-likeness (QED) is 0.443. The van der Waals surface area contributed by atoms with Gasteiger partial charge in [0.05, 0.1) is 18.3 Å². The number of halogens is 1. The van der Waals surface area contributed by atoms with E-state index >= 15 is 0 Å². The zero-order chi connectivity index (χ0) is 20.3. The number of carbonyl (C=O) groups is 1. The monoisotopic (exact) mass is 404 g/mol. The molecule has 0 aliphatic rings. The third-order valence-corrected chi connectivity index (χ3v) is 5.39. The van der Waals surface area contributed by atoms with Crippen LogP contribution in [0.1, 0.15) is 24.8 Å². The van der Waals surface area contributed by atoms with Crippen LogP contribution in [-0.2, 0) is 14.3 Å². The van der Waals surface area contributed by atoms with E-state index in [0.29, 0.717) is 29.0 Å². The van der Waals surface area contributed by atoms with Gasteiger partial charge in [-0.25, -0.2) is 14.2 Å². The Morgan fingerprint density at radius 1 is 1.29 bits per heavy atom. The van der Waals surface area contributed by atoms with Crippen molar-refractivity contribution in [1.29, 1.82) is 0 Å². The minimum Gasteiger partial charge on any atom is -0.462 e.